The van der Waals surface area contributed by atoms with Gasteiger partial charge in [-0.15, -0.1) is 0 Å². The molecule has 22 heavy (non-hydrogen) atoms. The summed E-state index contributed by atoms with van der Waals surface area (Å²) in [6.07, 6.45) is 0. The summed E-state index contributed by atoms with van der Waals surface area (Å²) in [7, 11) is -6.86. The van der Waals surface area contributed by atoms with Crippen LogP contribution >= 0.6 is 0 Å². The minimum Gasteiger partial charge on any atom is -0.437 e. The van der Waals surface area contributed by atoms with Crippen molar-refractivity contribution < 1.29 is 13.0 Å². The van der Waals surface area contributed by atoms with Crippen molar-refractivity contribution in [3.8, 4) is 0 Å². The first kappa shape index (κ1) is 22.7. The Kier molecular flexibility index (Phi) is 7.17. The molecule has 0 spiro atoms. The van der Waals surface area contributed by atoms with Crippen molar-refractivity contribution in [2.24, 2.45) is 0 Å². The van der Waals surface area contributed by atoms with Crippen LogP contribution in [0.25, 0.3) is 0 Å². The van der Waals surface area contributed by atoms with Crippen molar-refractivity contribution in [3.05, 3.63) is 0 Å². The zero-order chi connectivity index (χ0) is 18.2. The lowest BCUT2D eigenvalue weighted by molar-refractivity contribution is 0.0628. The average Bonchev–Trinajstić information content (AvgIpc) is 2.07. The molecule has 3 nitrogen and oxygen atoms in total. The van der Waals surface area contributed by atoms with Crippen LogP contribution in [0.4, 0.5) is 0 Å². The van der Waals surface area contributed by atoms with Crippen LogP contribution in [-0.2, 0) is 13.0 Å². The maximum Gasteiger partial charge on any atom is 0.355 e. The second kappa shape index (κ2) is 6.93. The van der Waals surface area contributed by atoms with Gasteiger partial charge in [0.05, 0.1) is 13.3 Å². The van der Waals surface area contributed by atoms with Crippen LogP contribution in [0, 0.1) is 0 Å². The highest BCUT2D eigenvalue weighted by molar-refractivity contribution is 6.82. The van der Waals surface area contributed by atoms with Crippen molar-refractivity contribution in [3.63, 3.8) is 0 Å². The van der Waals surface area contributed by atoms with Crippen LogP contribution in [0.15, 0.2) is 0 Å². The van der Waals surface area contributed by atoms with E-state index in [1.807, 2.05) is 0 Å². The Morgan fingerprint density at radius 1 is 0.682 bits per heavy atom. The van der Waals surface area contributed by atoms with Gasteiger partial charge in [-0.1, -0.05) is 19.6 Å². The van der Waals surface area contributed by atoms with Gasteiger partial charge in [-0.2, -0.15) is 0 Å². The zero-order valence-corrected chi connectivity index (χ0v) is 21.5. The first-order chi connectivity index (χ1) is 9.33. The molecule has 0 N–H and O–H groups in total. The lowest BCUT2D eigenvalue weighted by Crippen LogP contribution is -2.68. The lowest BCUT2D eigenvalue weighted by atomic mass is 10.5. The third kappa shape index (κ3) is 6.33. The Morgan fingerprint density at radius 2 is 1.09 bits per heavy atom. The second-order valence-corrected chi connectivity index (χ2v) is 26.2. The highest BCUT2D eigenvalue weighted by atomic mass is 28.4. The molecule has 0 aliphatic rings. The van der Waals surface area contributed by atoms with E-state index in [0.717, 1.165) is 0 Å². The molecule has 0 radical (unpaired) electrons. The molecule has 0 aromatic carbocycles. The Bertz CT molecular complexity index is 370. The monoisotopic (exact) mass is 380 g/mol. The van der Waals surface area contributed by atoms with Gasteiger partial charge in [0.25, 0.3) is 0 Å². The van der Waals surface area contributed by atoms with Gasteiger partial charge in [0.15, 0.2) is 17.4 Å². The Hall–Kier alpha value is 0.748. The molecule has 7 heteroatoms. The van der Waals surface area contributed by atoms with E-state index in [1.54, 1.807) is 0 Å². The molecule has 0 bridgehead atoms. The third-order valence-electron chi connectivity index (χ3n) is 4.37. The summed E-state index contributed by atoms with van der Waals surface area (Å²) in [5.41, 5.74) is 0. The van der Waals surface area contributed by atoms with Gasteiger partial charge < -0.3 is 13.0 Å². The minimum atomic E-state index is -2.49. The molecule has 0 amide bonds. The summed E-state index contributed by atoms with van der Waals surface area (Å²) in [5.74, 6) is 0. The van der Waals surface area contributed by atoms with Crippen molar-refractivity contribution in [2.45, 2.75) is 97.1 Å². The maximum absolute atomic E-state index is 6.82. The predicted octanol–water partition coefficient (Wildman–Crippen LogP) is 4.90. The van der Waals surface area contributed by atoms with E-state index >= 15 is 0 Å². The molecule has 0 aromatic rings. The molecule has 0 saturated carbocycles. The molecule has 0 aromatic heterocycles. The van der Waals surface area contributed by atoms with Crippen molar-refractivity contribution in [1.29, 1.82) is 0 Å². The van der Waals surface area contributed by atoms with E-state index in [1.165, 1.54) is 0 Å². The minimum absolute atomic E-state index is 0.128. The molecule has 0 rings (SSSR count). The normalized spacial score (nSPS) is 17.7. The fourth-order valence-electron chi connectivity index (χ4n) is 2.24. The molecule has 0 heterocycles. The van der Waals surface area contributed by atoms with Gasteiger partial charge in [0.1, 0.15) is 0 Å². The predicted molar refractivity (Wildman–Crippen MR) is 109 cm³/mol. The van der Waals surface area contributed by atoms with E-state index in [-0.39, 0.29) is 10.4 Å². The third-order valence-corrected chi connectivity index (χ3v) is 16.5. The van der Waals surface area contributed by atoms with Gasteiger partial charge in [-0.25, -0.2) is 0 Å². The molecule has 0 saturated heterocycles. The van der Waals surface area contributed by atoms with Crippen LogP contribution in [0.3, 0.4) is 0 Å². The van der Waals surface area contributed by atoms with Crippen molar-refractivity contribution in [2.75, 3.05) is 0 Å². The highest BCUT2D eigenvalue weighted by Gasteiger charge is 2.55. The van der Waals surface area contributed by atoms with Crippen molar-refractivity contribution >= 4 is 34.0 Å². The van der Waals surface area contributed by atoms with E-state index in [9.17, 15) is 0 Å². The molecule has 0 aliphatic heterocycles. The smallest absolute Gasteiger partial charge is 0.355 e. The van der Waals surface area contributed by atoms with Crippen LogP contribution in [0.1, 0.15) is 27.7 Å². The van der Waals surface area contributed by atoms with Gasteiger partial charge in [-0.3, -0.25) is 0 Å². The molecular formula is C15H40O3Si4. The quantitative estimate of drug-likeness (QED) is 0.560. The molecule has 1 atom stereocenters. The van der Waals surface area contributed by atoms with Gasteiger partial charge >= 0.3 is 8.56 Å². The summed E-state index contributed by atoms with van der Waals surface area (Å²) in [4.78, 5) is 0. The Labute approximate surface area is 144 Å². The maximum atomic E-state index is 6.82. The molecule has 1 unspecified atom stereocenters. The Morgan fingerprint density at radius 3 is 1.36 bits per heavy atom. The molecule has 0 fully saturated rings. The summed E-state index contributed by atoms with van der Waals surface area (Å²) in [6, 6.07) is 0. The van der Waals surface area contributed by atoms with Gasteiger partial charge in [0, 0.05) is 5.22 Å². The highest BCUT2D eigenvalue weighted by Crippen LogP contribution is 2.36. The van der Waals surface area contributed by atoms with Crippen LogP contribution in [0.5, 0.6) is 0 Å². The number of hydrogen-bond acceptors (Lipinski definition) is 3. The van der Waals surface area contributed by atoms with Gasteiger partial charge in [0.2, 0.25) is 0 Å². The van der Waals surface area contributed by atoms with Crippen LogP contribution in [0.2, 0.25) is 58.9 Å². The molecule has 134 valence electrons. The summed E-state index contributed by atoms with van der Waals surface area (Å²) in [5, 5.41) is -0.469. The fourth-order valence-corrected chi connectivity index (χ4v) is 13.4. The first-order valence-electron chi connectivity index (χ1n) is 8.41. The zero-order valence-electron chi connectivity index (χ0n) is 17.3. The van der Waals surface area contributed by atoms with Crippen molar-refractivity contribution in [1.82, 2.24) is 0 Å². The summed E-state index contributed by atoms with van der Waals surface area (Å²) >= 11 is 0. The second-order valence-electron chi connectivity index (χ2n) is 9.70. The SMILES string of the molecule is C[SiH](C)O[Si](C)(OC(C)(C)[Si](C)(C)C)C(C)(C)O[Si](C)(C)C. The standard InChI is InChI=1S/C15H40O3Si4/c1-14(2,20(7,8)9)17-22(13,18-19(5)6)15(3,4)16-21(10,11)12/h19H,1-13H3. The number of hydrogen-bond donors (Lipinski definition) is 0. The average molecular weight is 381 g/mol. The van der Waals surface area contributed by atoms with E-state index < -0.39 is 34.0 Å². The summed E-state index contributed by atoms with van der Waals surface area (Å²) < 4.78 is 19.9. The first-order valence-corrected chi connectivity index (χ1v) is 20.4. The van der Waals surface area contributed by atoms with Crippen LogP contribution < -0.4 is 0 Å². The topological polar surface area (TPSA) is 27.7 Å². The van der Waals surface area contributed by atoms with Crippen LogP contribution in [-0.4, -0.2) is 44.4 Å². The van der Waals surface area contributed by atoms with Gasteiger partial charge in [-0.05, 0) is 67.0 Å². The number of rotatable bonds is 8. The largest absolute Gasteiger partial charge is 0.437 e. The van der Waals surface area contributed by atoms with E-state index in [0.29, 0.717) is 0 Å². The van der Waals surface area contributed by atoms with E-state index in [4.69, 9.17) is 13.0 Å². The Balaban J connectivity index is 5.68. The molecular weight excluding hydrogens is 341 g/mol. The lowest BCUT2D eigenvalue weighted by Gasteiger charge is -2.51. The fraction of sp³-hybridized carbons (Fsp3) is 1.00. The molecule has 0 aliphatic carbocycles. The summed E-state index contributed by atoms with van der Waals surface area (Å²) in [6.45, 7) is 29.3. The van der Waals surface area contributed by atoms with E-state index in [2.05, 4.69) is 86.6 Å².